The van der Waals surface area contributed by atoms with Gasteiger partial charge in [-0.25, -0.2) is 9.97 Å². The predicted molar refractivity (Wildman–Crippen MR) is 89.6 cm³/mol. The molecule has 4 nitrogen and oxygen atoms in total. The van der Waals surface area contributed by atoms with Gasteiger partial charge in [-0.05, 0) is 32.8 Å². The number of fused-ring (bicyclic) bond motifs is 1. The SMILES string of the molecule is NC(=S)c1cnc(Oc2ccc3ccccc3c2Br)cn1. The minimum atomic E-state index is 0.209. The van der Waals surface area contributed by atoms with Crippen LogP contribution in [-0.4, -0.2) is 15.0 Å². The van der Waals surface area contributed by atoms with Gasteiger partial charge in [-0.1, -0.05) is 42.5 Å². The van der Waals surface area contributed by atoms with Crippen molar-refractivity contribution in [2.45, 2.75) is 0 Å². The first-order chi connectivity index (χ1) is 10.1. The van der Waals surface area contributed by atoms with Crippen molar-refractivity contribution >= 4 is 43.9 Å². The number of halogens is 1. The molecule has 3 aromatic rings. The molecule has 0 aliphatic carbocycles. The van der Waals surface area contributed by atoms with Crippen molar-refractivity contribution in [3.63, 3.8) is 0 Å². The first kappa shape index (κ1) is 13.9. The molecular weight excluding hydrogens is 350 g/mol. The number of benzene rings is 2. The summed E-state index contributed by atoms with van der Waals surface area (Å²) in [5, 5.41) is 2.20. The van der Waals surface area contributed by atoms with Crippen LogP contribution in [0.15, 0.2) is 53.3 Å². The lowest BCUT2D eigenvalue weighted by Gasteiger charge is -2.09. The molecule has 0 bridgehead atoms. The minimum Gasteiger partial charge on any atom is -0.436 e. The van der Waals surface area contributed by atoms with E-state index in [1.165, 1.54) is 12.4 Å². The summed E-state index contributed by atoms with van der Waals surface area (Å²) in [6, 6.07) is 11.9. The zero-order valence-corrected chi connectivity index (χ0v) is 13.2. The van der Waals surface area contributed by atoms with E-state index in [1.54, 1.807) is 0 Å². The van der Waals surface area contributed by atoms with Crippen LogP contribution in [-0.2, 0) is 0 Å². The van der Waals surface area contributed by atoms with Crippen LogP contribution in [0.1, 0.15) is 5.69 Å². The van der Waals surface area contributed by atoms with Gasteiger partial charge in [0.05, 0.1) is 16.9 Å². The summed E-state index contributed by atoms with van der Waals surface area (Å²) in [6.07, 6.45) is 2.99. The summed E-state index contributed by atoms with van der Waals surface area (Å²) in [7, 11) is 0. The van der Waals surface area contributed by atoms with Gasteiger partial charge in [0.1, 0.15) is 16.4 Å². The first-order valence-corrected chi connectivity index (χ1v) is 7.32. The maximum absolute atomic E-state index is 5.75. The first-order valence-electron chi connectivity index (χ1n) is 6.12. The van der Waals surface area contributed by atoms with Gasteiger partial charge in [-0.3, -0.25) is 0 Å². The van der Waals surface area contributed by atoms with E-state index in [4.69, 9.17) is 22.7 Å². The van der Waals surface area contributed by atoms with Crippen molar-refractivity contribution in [1.29, 1.82) is 0 Å². The molecule has 0 saturated heterocycles. The fourth-order valence-corrected chi connectivity index (χ4v) is 2.58. The third kappa shape index (κ3) is 2.86. The van der Waals surface area contributed by atoms with Gasteiger partial charge in [0, 0.05) is 0 Å². The highest BCUT2D eigenvalue weighted by Crippen LogP contribution is 2.35. The molecule has 2 aromatic carbocycles. The molecule has 104 valence electrons. The third-order valence-corrected chi connectivity index (χ3v) is 3.95. The van der Waals surface area contributed by atoms with E-state index < -0.39 is 0 Å². The van der Waals surface area contributed by atoms with Crippen molar-refractivity contribution in [2.24, 2.45) is 5.73 Å². The summed E-state index contributed by atoms with van der Waals surface area (Å²) >= 11 is 8.40. The minimum absolute atomic E-state index is 0.209. The van der Waals surface area contributed by atoms with Crippen molar-refractivity contribution in [3.8, 4) is 11.6 Å². The zero-order valence-electron chi connectivity index (χ0n) is 10.8. The highest BCUT2D eigenvalue weighted by molar-refractivity contribution is 9.10. The lowest BCUT2D eigenvalue weighted by atomic mass is 10.1. The highest BCUT2D eigenvalue weighted by Gasteiger charge is 2.08. The molecule has 0 radical (unpaired) electrons. The Labute approximate surface area is 135 Å². The Hall–Kier alpha value is -2.05. The number of aromatic nitrogens is 2. The van der Waals surface area contributed by atoms with Crippen molar-refractivity contribution < 1.29 is 4.74 Å². The highest BCUT2D eigenvalue weighted by atomic mass is 79.9. The smallest absolute Gasteiger partial charge is 0.237 e. The van der Waals surface area contributed by atoms with Gasteiger partial charge in [0.15, 0.2) is 0 Å². The van der Waals surface area contributed by atoms with Crippen LogP contribution in [0, 0.1) is 0 Å². The summed E-state index contributed by atoms with van der Waals surface area (Å²) in [6.45, 7) is 0. The Morgan fingerprint density at radius 1 is 1.10 bits per heavy atom. The average Bonchev–Trinajstić information content (AvgIpc) is 2.51. The Morgan fingerprint density at radius 2 is 1.90 bits per heavy atom. The van der Waals surface area contributed by atoms with Crippen molar-refractivity contribution in [1.82, 2.24) is 9.97 Å². The second kappa shape index (κ2) is 5.75. The number of nitrogens with two attached hydrogens (primary N) is 1. The van der Waals surface area contributed by atoms with Crippen LogP contribution in [0.2, 0.25) is 0 Å². The summed E-state index contributed by atoms with van der Waals surface area (Å²) in [5.74, 6) is 1.05. The van der Waals surface area contributed by atoms with Crippen LogP contribution in [0.3, 0.4) is 0 Å². The molecule has 0 fully saturated rings. The number of ether oxygens (including phenoxy) is 1. The van der Waals surface area contributed by atoms with Crippen molar-refractivity contribution in [3.05, 3.63) is 59.0 Å². The lowest BCUT2D eigenvalue weighted by molar-refractivity contribution is 0.458. The van der Waals surface area contributed by atoms with Gasteiger partial charge in [-0.2, -0.15) is 0 Å². The fraction of sp³-hybridized carbons (Fsp3) is 0. The molecule has 0 aliphatic rings. The molecule has 1 aromatic heterocycles. The maximum Gasteiger partial charge on any atom is 0.237 e. The monoisotopic (exact) mass is 359 g/mol. The molecule has 3 rings (SSSR count). The Morgan fingerprint density at radius 3 is 2.62 bits per heavy atom. The summed E-state index contributed by atoms with van der Waals surface area (Å²) in [5.41, 5.74) is 5.95. The van der Waals surface area contributed by atoms with Gasteiger partial charge >= 0.3 is 0 Å². The van der Waals surface area contributed by atoms with E-state index in [0.29, 0.717) is 17.3 Å². The molecule has 0 aliphatic heterocycles. The molecule has 0 atom stereocenters. The van der Waals surface area contributed by atoms with E-state index in [-0.39, 0.29) is 4.99 Å². The standard InChI is InChI=1S/C15H10BrN3OS/c16-14-10-4-2-1-3-9(10)5-6-12(14)20-13-8-18-11(7-19-13)15(17)21/h1-8H,(H2,17,21). The topological polar surface area (TPSA) is 61.0 Å². The Balaban J connectivity index is 1.94. The van der Waals surface area contributed by atoms with E-state index in [9.17, 15) is 0 Å². The van der Waals surface area contributed by atoms with Gasteiger partial charge < -0.3 is 10.5 Å². The number of thiocarbonyl (C=S) groups is 1. The van der Waals surface area contributed by atoms with Crippen LogP contribution in [0.5, 0.6) is 11.6 Å². The molecular formula is C15H10BrN3OS. The van der Waals surface area contributed by atoms with Gasteiger partial charge in [-0.15, -0.1) is 0 Å². The number of hydrogen-bond donors (Lipinski definition) is 1. The molecule has 6 heteroatoms. The number of nitrogens with zero attached hydrogens (tertiary/aromatic N) is 2. The molecule has 0 spiro atoms. The van der Waals surface area contributed by atoms with Crippen LogP contribution < -0.4 is 10.5 Å². The fourth-order valence-electron chi connectivity index (χ4n) is 1.90. The zero-order chi connectivity index (χ0) is 14.8. The van der Waals surface area contributed by atoms with E-state index in [1.807, 2.05) is 36.4 Å². The van der Waals surface area contributed by atoms with Gasteiger partial charge in [0.2, 0.25) is 5.88 Å². The number of rotatable bonds is 3. The molecule has 21 heavy (non-hydrogen) atoms. The quantitative estimate of drug-likeness (QED) is 0.720. The lowest BCUT2D eigenvalue weighted by Crippen LogP contribution is -2.11. The van der Waals surface area contributed by atoms with Crippen LogP contribution >= 0.6 is 28.1 Å². The van der Waals surface area contributed by atoms with Gasteiger partial charge in [0.25, 0.3) is 0 Å². The van der Waals surface area contributed by atoms with E-state index in [0.717, 1.165) is 15.2 Å². The third-order valence-electron chi connectivity index (χ3n) is 2.92. The van der Waals surface area contributed by atoms with Crippen LogP contribution in [0.25, 0.3) is 10.8 Å². The van der Waals surface area contributed by atoms with E-state index in [2.05, 4.69) is 25.9 Å². The molecule has 0 unspecified atom stereocenters. The van der Waals surface area contributed by atoms with Crippen molar-refractivity contribution in [2.75, 3.05) is 0 Å². The normalized spacial score (nSPS) is 10.5. The average molecular weight is 360 g/mol. The maximum atomic E-state index is 5.75. The second-order valence-electron chi connectivity index (χ2n) is 4.31. The second-order valence-corrected chi connectivity index (χ2v) is 5.54. The number of hydrogen-bond acceptors (Lipinski definition) is 4. The summed E-state index contributed by atoms with van der Waals surface area (Å²) < 4.78 is 6.62. The molecule has 0 saturated carbocycles. The van der Waals surface area contributed by atoms with E-state index >= 15 is 0 Å². The van der Waals surface area contributed by atoms with Crippen LogP contribution in [0.4, 0.5) is 0 Å². The molecule has 0 amide bonds. The molecule has 1 heterocycles. The predicted octanol–water partition coefficient (Wildman–Crippen LogP) is 3.82. The largest absolute Gasteiger partial charge is 0.436 e. The summed E-state index contributed by atoms with van der Waals surface area (Å²) in [4.78, 5) is 8.45. The molecule has 2 N–H and O–H groups in total. The Bertz CT molecular complexity index is 821. The Kier molecular flexibility index (Phi) is 3.81.